The molecule has 19 heavy (non-hydrogen) atoms. The van der Waals surface area contributed by atoms with E-state index < -0.39 is 10.9 Å². The fraction of sp³-hybridized carbons (Fsp3) is 0. The van der Waals surface area contributed by atoms with Gasteiger partial charge in [0.05, 0.1) is 5.69 Å². The van der Waals surface area contributed by atoms with Crippen molar-refractivity contribution < 1.29 is 4.39 Å². The van der Waals surface area contributed by atoms with E-state index in [-0.39, 0.29) is 5.82 Å². The average Bonchev–Trinajstić information content (AvgIpc) is 2.83. The highest BCUT2D eigenvalue weighted by Gasteiger charge is 2.03. The second-order valence-corrected chi connectivity index (χ2v) is 5.36. The van der Waals surface area contributed by atoms with Gasteiger partial charge in [0.1, 0.15) is 5.82 Å². The summed E-state index contributed by atoms with van der Waals surface area (Å²) < 4.78 is 17.4. The Hall–Kier alpha value is -1.98. The van der Waals surface area contributed by atoms with E-state index in [1.165, 1.54) is 12.1 Å². The summed E-state index contributed by atoms with van der Waals surface area (Å²) in [6.45, 7) is 0. The van der Waals surface area contributed by atoms with Crippen LogP contribution in [0.15, 0.2) is 64.0 Å². The minimum Gasteiger partial charge on any atom is -0.359 e. The lowest BCUT2D eigenvalue weighted by molar-refractivity contribution is 0.626. The zero-order valence-corrected chi connectivity index (χ0v) is 10.8. The summed E-state index contributed by atoms with van der Waals surface area (Å²) in [6, 6.07) is 14.0. The Kier molecular flexibility index (Phi) is 3.15. The molecule has 0 fully saturated rings. The highest BCUT2D eigenvalue weighted by molar-refractivity contribution is 7.85. The predicted octanol–water partition coefficient (Wildman–Crippen LogP) is 3.67. The molecule has 3 N–H and O–H groups in total. The quantitative estimate of drug-likeness (QED) is 0.735. The molecular weight excluding hydrogens is 261 g/mol. The monoisotopic (exact) mass is 273 g/mol. The van der Waals surface area contributed by atoms with Crippen LogP contribution in [0.3, 0.4) is 0 Å². The number of nitrogens with zero attached hydrogens (tertiary/aromatic N) is 1. The van der Waals surface area contributed by atoms with Gasteiger partial charge in [0.15, 0.2) is 0 Å². The van der Waals surface area contributed by atoms with Crippen molar-refractivity contribution in [1.82, 2.24) is 4.98 Å². The third-order valence-electron chi connectivity index (χ3n) is 2.82. The van der Waals surface area contributed by atoms with Crippen molar-refractivity contribution in [3.05, 3.63) is 60.5 Å². The minimum absolute atomic E-state index is 0.271. The number of para-hydroxylation sites is 1. The Bertz CT molecular complexity index is 747. The molecule has 0 saturated heterocycles. The smallest absolute Gasteiger partial charge is 0.123 e. The Morgan fingerprint density at radius 3 is 2.58 bits per heavy atom. The molecule has 2 aromatic carbocycles. The lowest BCUT2D eigenvalue weighted by Gasteiger charge is -2.01. The third kappa shape index (κ3) is 2.43. The first-order chi connectivity index (χ1) is 9.24. The molecule has 0 bridgehead atoms. The summed E-state index contributed by atoms with van der Waals surface area (Å²) in [5.41, 5.74) is 1.85. The Labute approximate surface area is 112 Å². The first-order valence-corrected chi connectivity index (χ1v) is 7.01. The molecule has 0 aliphatic heterocycles. The molecule has 1 aromatic heterocycles. The van der Waals surface area contributed by atoms with Crippen LogP contribution >= 0.6 is 0 Å². The molecule has 0 amide bonds. The molecule has 0 radical (unpaired) electrons. The number of nitrogens with two attached hydrogens (primary N) is 1. The van der Waals surface area contributed by atoms with Gasteiger partial charge in [0, 0.05) is 32.9 Å². The number of hydrogen-bond acceptors (Lipinski definition) is 1. The zero-order valence-electron chi connectivity index (χ0n) is 10.0. The number of hydrogen-bond donors (Lipinski definition) is 2. The van der Waals surface area contributed by atoms with E-state index in [2.05, 4.69) is 9.35 Å². The average molecular weight is 273 g/mol. The summed E-state index contributed by atoms with van der Waals surface area (Å²) in [5.74, 6) is -0.271. The number of halogens is 1. The predicted molar refractivity (Wildman–Crippen MR) is 76.6 cm³/mol. The molecule has 3 aromatic rings. The molecule has 1 unspecified atom stereocenters. The molecule has 3 nitrogen and oxygen atoms in total. The van der Waals surface area contributed by atoms with E-state index >= 15 is 0 Å². The molecule has 1 atom stereocenters. The molecule has 0 aliphatic carbocycles. The van der Waals surface area contributed by atoms with Gasteiger partial charge in [-0.25, -0.2) is 8.75 Å². The molecule has 96 valence electrons. The summed E-state index contributed by atoms with van der Waals surface area (Å²) in [7, 11) is -0.789. The number of aromatic amines is 1. The Balaban J connectivity index is 2.03. The van der Waals surface area contributed by atoms with Crippen LogP contribution < -0.4 is 5.14 Å². The second-order valence-electron chi connectivity index (χ2n) is 4.08. The van der Waals surface area contributed by atoms with Crippen molar-refractivity contribution >= 4 is 27.5 Å². The largest absolute Gasteiger partial charge is 0.359 e. The number of fused-ring (bicyclic) bond motifs is 1. The summed E-state index contributed by atoms with van der Waals surface area (Å²) in [6.07, 6.45) is 1.83. The van der Waals surface area contributed by atoms with E-state index in [0.717, 1.165) is 21.5 Å². The van der Waals surface area contributed by atoms with Gasteiger partial charge in [-0.1, -0.05) is 18.2 Å². The van der Waals surface area contributed by atoms with Crippen LogP contribution in [0.2, 0.25) is 0 Å². The minimum atomic E-state index is -0.789. The van der Waals surface area contributed by atoms with Gasteiger partial charge in [0.25, 0.3) is 0 Å². The number of nitrogens with one attached hydrogen (secondary N) is 1. The van der Waals surface area contributed by atoms with Crippen molar-refractivity contribution in [2.75, 3.05) is 0 Å². The van der Waals surface area contributed by atoms with Crippen LogP contribution in [0.1, 0.15) is 0 Å². The molecular formula is C14H12FN3S. The Morgan fingerprint density at radius 1 is 1.05 bits per heavy atom. The summed E-state index contributed by atoms with van der Waals surface area (Å²) in [4.78, 5) is 3.96. The van der Waals surface area contributed by atoms with E-state index in [1.54, 1.807) is 12.1 Å². The van der Waals surface area contributed by atoms with Crippen molar-refractivity contribution in [2.45, 2.75) is 4.90 Å². The van der Waals surface area contributed by atoms with Crippen molar-refractivity contribution in [2.24, 2.45) is 9.50 Å². The third-order valence-corrected chi connectivity index (χ3v) is 3.97. The lowest BCUT2D eigenvalue weighted by Crippen LogP contribution is -2.02. The van der Waals surface area contributed by atoms with Crippen molar-refractivity contribution in [3.63, 3.8) is 0 Å². The van der Waals surface area contributed by atoms with Gasteiger partial charge in [0.2, 0.25) is 0 Å². The highest BCUT2D eigenvalue weighted by atomic mass is 32.2. The van der Waals surface area contributed by atoms with Gasteiger partial charge in [-0.05, 0) is 30.3 Å². The summed E-state index contributed by atoms with van der Waals surface area (Å²) in [5, 5.41) is 7.09. The van der Waals surface area contributed by atoms with Crippen molar-refractivity contribution in [3.8, 4) is 0 Å². The SMILES string of the molecule is NS(=Nc1c[nH]c2ccccc12)c1ccc(F)cc1. The molecule has 3 rings (SSSR count). The first-order valence-electron chi connectivity index (χ1n) is 5.76. The number of H-pyrrole nitrogens is 1. The van der Waals surface area contributed by atoms with E-state index in [9.17, 15) is 4.39 Å². The van der Waals surface area contributed by atoms with Crippen LogP contribution in [-0.2, 0) is 10.9 Å². The second kappa shape index (κ2) is 4.95. The molecule has 1 heterocycles. The maximum absolute atomic E-state index is 12.9. The number of rotatable bonds is 2. The number of aromatic nitrogens is 1. The van der Waals surface area contributed by atoms with Gasteiger partial charge in [-0.3, -0.25) is 5.14 Å². The maximum atomic E-state index is 12.9. The fourth-order valence-corrected chi connectivity index (χ4v) is 2.75. The normalized spacial score (nSPS) is 12.9. The molecule has 0 aliphatic rings. The maximum Gasteiger partial charge on any atom is 0.123 e. The topological polar surface area (TPSA) is 54.2 Å². The zero-order chi connectivity index (χ0) is 13.2. The number of benzene rings is 2. The van der Waals surface area contributed by atoms with Gasteiger partial charge in [-0.15, -0.1) is 0 Å². The van der Waals surface area contributed by atoms with E-state index in [4.69, 9.17) is 5.14 Å². The van der Waals surface area contributed by atoms with Crippen LogP contribution in [0.5, 0.6) is 0 Å². The molecule has 0 spiro atoms. The van der Waals surface area contributed by atoms with E-state index in [0.29, 0.717) is 0 Å². The molecule has 0 saturated carbocycles. The van der Waals surface area contributed by atoms with Gasteiger partial charge >= 0.3 is 0 Å². The summed E-state index contributed by atoms with van der Waals surface area (Å²) >= 11 is 0. The fourth-order valence-electron chi connectivity index (χ4n) is 1.86. The highest BCUT2D eigenvalue weighted by Crippen LogP contribution is 2.26. The molecule has 5 heteroatoms. The van der Waals surface area contributed by atoms with Crippen molar-refractivity contribution in [1.29, 1.82) is 0 Å². The van der Waals surface area contributed by atoms with Crippen LogP contribution in [0, 0.1) is 5.82 Å². The first kappa shape index (κ1) is 12.1. The van der Waals surface area contributed by atoms with Gasteiger partial charge < -0.3 is 4.98 Å². The van der Waals surface area contributed by atoms with E-state index in [1.807, 2.05) is 30.5 Å². The Morgan fingerprint density at radius 2 is 1.79 bits per heavy atom. The van der Waals surface area contributed by atoms with Crippen LogP contribution in [-0.4, -0.2) is 4.98 Å². The van der Waals surface area contributed by atoms with Crippen LogP contribution in [0.25, 0.3) is 10.9 Å². The van der Waals surface area contributed by atoms with Gasteiger partial charge in [-0.2, -0.15) is 0 Å². The van der Waals surface area contributed by atoms with Crippen LogP contribution in [0.4, 0.5) is 10.1 Å². The standard InChI is InChI=1S/C14H12FN3S/c15-10-5-7-11(8-6-10)19(16)18-14-9-17-13-4-2-1-3-12(13)14/h1-9,17H,(H2,16,18). The lowest BCUT2D eigenvalue weighted by atomic mass is 10.2.